The van der Waals surface area contributed by atoms with Crippen LogP contribution in [-0.2, 0) is 10.8 Å². The summed E-state index contributed by atoms with van der Waals surface area (Å²) in [4.78, 5) is 0. The summed E-state index contributed by atoms with van der Waals surface area (Å²) in [5.41, 5.74) is 17.6. The molecular formula is C18H22N2. The van der Waals surface area contributed by atoms with E-state index in [1.54, 1.807) is 0 Å². The molecule has 0 saturated carbocycles. The van der Waals surface area contributed by atoms with Crippen LogP contribution in [0.25, 0.3) is 0 Å². The van der Waals surface area contributed by atoms with Crippen LogP contribution in [0.3, 0.4) is 0 Å². The molecule has 0 aromatic heterocycles. The molecule has 1 aliphatic rings. The average Bonchev–Trinajstić information content (AvgIpc) is 2.60. The number of rotatable bonds is 1. The van der Waals surface area contributed by atoms with Gasteiger partial charge in [-0.2, -0.15) is 0 Å². The molecule has 2 heteroatoms. The lowest BCUT2D eigenvalue weighted by molar-refractivity contribution is 0.425. The molecule has 3 rings (SSSR count). The van der Waals surface area contributed by atoms with Crippen LogP contribution in [0.5, 0.6) is 0 Å². The van der Waals surface area contributed by atoms with Gasteiger partial charge < -0.3 is 11.5 Å². The summed E-state index contributed by atoms with van der Waals surface area (Å²) in [5, 5.41) is 0. The van der Waals surface area contributed by atoms with Gasteiger partial charge in [-0.1, -0.05) is 51.1 Å². The highest BCUT2D eigenvalue weighted by Gasteiger charge is 2.45. The van der Waals surface area contributed by atoms with Crippen molar-refractivity contribution in [1.29, 1.82) is 0 Å². The van der Waals surface area contributed by atoms with Gasteiger partial charge in [-0.05, 0) is 40.7 Å². The van der Waals surface area contributed by atoms with Gasteiger partial charge in [0.15, 0.2) is 0 Å². The number of nitrogens with two attached hydrogens (primary N) is 2. The van der Waals surface area contributed by atoms with E-state index in [0.29, 0.717) is 11.4 Å². The fourth-order valence-electron chi connectivity index (χ4n) is 3.79. The molecule has 0 fully saturated rings. The third-order valence-electron chi connectivity index (χ3n) is 4.75. The molecule has 2 nitrogen and oxygen atoms in total. The van der Waals surface area contributed by atoms with Crippen molar-refractivity contribution in [2.75, 3.05) is 11.5 Å². The molecule has 0 spiro atoms. The maximum Gasteiger partial charge on any atom is 0.0551 e. The second kappa shape index (κ2) is 4.02. The second-order valence-corrected chi connectivity index (χ2v) is 6.79. The van der Waals surface area contributed by atoms with E-state index in [9.17, 15) is 0 Å². The fraction of sp³-hybridized carbons (Fsp3) is 0.333. The molecule has 104 valence electrons. The van der Waals surface area contributed by atoms with Gasteiger partial charge in [0.2, 0.25) is 0 Å². The van der Waals surface area contributed by atoms with E-state index in [2.05, 4.69) is 63.2 Å². The van der Waals surface area contributed by atoms with Gasteiger partial charge in [0.1, 0.15) is 0 Å². The zero-order valence-electron chi connectivity index (χ0n) is 12.4. The highest BCUT2D eigenvalue weighted by molar-refractivity contribution is 5.70. The lowest BCUT2D eigenvalue weighted by atomic mass is 9.75. The first-order valence-electron chi connectivity index (χ1n) is 7.10. The van der Waals surface area contributed by atoms with Crippen LogP contribution in [0.1, 0.15) is 43.9 Å². The Kier molecular flexibility index (Phi) is 2.62. The molecular weight excluding hydrogens is 244 g/mol. The van der Waals surface area contributed by atoms with Gasteiger partial charge in [-0.15, -0.1) is 0 Å². The van der Waals surface area contributed by atoms with Gasteiger partial charge >= 0.3 is 0 Å². The Morgan fingerprint density at radius 1 is 0.850 bits per heavy atom. The number of hydrogen-bond acceptors (Lipinski definition) is 2. The van der Waals surface area contributed by atoms with E-state index >= 15 is 0 Å². The van der Waals surface area contributed by atoms with Gasteiger partial charge in [-0.25, -0.2) is 0 Å². The van der Waals surface area contributed by atoms with Crippen LogP contribution in [0.4, 0.5) is 11.4 Å². The first-order valence-corrected chi connectivity index (χ1v) is 7.10. The van der Waals surface area contributed by atoms with Crippen LogP contribution >= 0.6 is 0 Å². The first kappa shape index (κ1) is 13.0. The molecule has 0 heterocycles. The maximum atomic E-state index is 6.06. The van der Waals surface area contributed by atoms with E-state index in [4.69, 9.17) is 11.5 Å². The summed E-state index contributed by atoms with van der Waals surface area (Å²) in [6.07, 6.45) is 1.07. The zero-order chi connectivity index (χ0) is 14.5. The highest BCUT2D eigenvalue weighted by Crippen LogP contribution is 2.53. The Hall–Kier alpha value is -1.96. The standard InChI is InChI=1S/C18H22N2/c1-17(2)11-18(3,12-7-5-4-6-8-12)14-10-16(20)15(19)9-13(14)17/h4-10H,11,19-20H2,1-3H3. The molecule has 20 heavy (non-hydrogen) atoms. The van der Waals surface area contributed by atoms with Crippen molar-refractivity contribution in [3.8, 4) is 0 Å². The van der Waals surface area contributed by atoms with Gasteiger partial charge in [-0.3, -0.25) is 0 Å². The van der Waals surface area contributed by atoms with Crippen molar-refractivity contribution < 1.29 is 0 Å². The van der Waals surface area contributed by atoms with Gasteiger partial charge in [0.05, 0.1) is 11.4 Å². The third kappa shape index (κ3) is 1.71. The predicted octanol–water partition coefficient (Wildman–Crippen LogP) is 3.84. The SMILES string of the molecule is CC1(C)CC(C)(c2ccccc2)c2cc(N)c(N)cc21. The number of nitrogen functional groups attached to an aromatic ring is 2. The summed E-state index contributed by atoms with van der Waals surface area (Å²) in [5.74, 6) is 0. The summed E-state index contributed by atoms with van der Waals surface area (Å²) >= 11 is 0. The van der Waals surface area contributed by atoms with Crippen LogP contribution in [0, 0.1) is 0 Å². The van der Waals surface area contributed by atoms with Crippen LogP contribution < -0.4 is 11.5 Å². The Labute approximate surface area is 120 Å². The normalized spacial score (nSPS) is 23.6. The van der Waals surface area contributed by atoms with Crippen LogP contribution in [0.15, 0.2) is 42.5 Å². The van der Waals surface area contributed by atoms with Crippen molar-refractivity contribution in [2.45, 2.75) is 38.0 Å². The lowest BCUT2D eigenvalue weighted by Gasteiger charge is -2.28. The summed E-state index contributed by atoms with van der Waals surface area (Å²) in [6.45, 7) is 6.89. The molecule has 0 bridgehead atoms. The van der Waals surface area contributed by atoms with Crippen molar-refractivity contribution in [3.05, 3.63) is 59.2 Å². The molecule has 2 aromatic rings. The van der Waals surface area contributed by atoms with Gasteiger partial charge in [0, 0.05) is 5.41 Å². The minimum atomic E-state index is 0.00190. The summed E-state index contributed by atoms with van der Waals surface area (Å²) in [7, 11) is 0. The molecule has 1 aliphatic carbocycles. The Balaban J connectivity index is 2.27. The molecule has 1 unspecified atom stereocenters. The van der Waals surface area contributed by atoms with E-state index in [0.717, 1.165) is 6.42 Å². The molecule has 0 radical (unpaired) electrons. The first-order chi connectivity index (χ1) is 9.34. The number of anilines is 2. The minimum Gasteiger partial charge on any atom is -0.397 e. The minimum absolute atomic E-state index is 0.00190. The lowest BCUT2D eigenvalue weighted by Crippen LogP contribution is -2.23. The third-order valence-corrected chi connectivity index (χ3v) is 4.75. The van der Waals surface area contributed by atoms with Crippen molar-refractivity contribution in [2.24, 2.45) is 0 Å². The van der Waals surface area contributed by atoms with E-state index < -0.39 is 0 Å². The monoisotopic (exact) mass is 266 g/mol. The highest BCUT2D eigenvalue weighted by atomic mass is 14.7. The number of fused-ring (bicyclic) bond motifs is 1. The Morgan fingerprint density at radius 2 is 1.40 bits per heavy atom. The van der Waals surface area contributed by atoms with Crippen LogP contribution in [0.2, 0.25) is 0 Å². The zero-order valence-corrected chi connectivity index (χ0v) is 12.4. The molecule has 4 N–H and O–H groups in total. The summed E-state index contributed by atoms with van der Waals surface area (Å²) < 4.78 is 0. The van der Waals surface area contributed by atoms with Gasteiger partial charge in [0.25, 0.3) is 0 Å². The predicted molar refractivity (Wildman–Crippen MR) is 85.8 cm³/mol. The van der Waals surface area contributed by atoms with Crippen molar-refractivity contribution >= 4 is 11.4 Å². The van der Waals surface area contributed by atoms with E-state index in [-0.39, 0.29) is 10.8 Å². The molecule has 0 aliphatic heterocycles. The Morgan fingerprint density at radius 3 is 2.00 bits per heavy atom. The number of benzene rings is 2. The second-order valence-electron chi connectivity index (χ2n) is 6.79. The maximum absolute atomic E-state index is 6.06. The largest absolute Gasteiger partial charge is 0.397 e. The van der Waals surface area contributed by atoms with Crippen molar-refractivity contribution in [3.63, 3.8) is 0 Å². The molecule has 0 amide bonds. The van der Waals surface area contributed by atoms with Crippen molar-refractivity contribution in [1.82, 2.24) is 0 Å². The summed E-state index contributed by atoms with van der Waals surface area (Å²) in [6, 6.07) is 14.8. The fourth-order valence-corrected chi connectivity index (χ4v) is 3.79. The quantitative estimate of drug-likeness (QED) is 0.770. The average molecular weight is 266 g/mol. The molecule has 1 atom stereocenters. The Bertz CT molecular complexity index is 659. The number of hydrogen-bond donors (Lipinski definition) is 2. The smallest absolute Gasteiger partial charge is 0.0551 e. The van der Waals surface area contributed by atoms with E-state index in [1.165, 1.54) is 16.7 Å². The van der Waals surface area contributed by atoms with E-state index in [1.807, 2.05) is 0 Å². The van der Waals surface area contributed by atoms with Crippen LogP contribution in [-0.4, -0.2) is 0 Å². The topological polar surface area (TPSA) is 52.0 Å². The molecule has 0 saturated heterocycles. The molecule has 2 aromatic carbocycles.